The molecule has 2 atom stereocenters. The minimum Gasteiger partial charge on any atom is -0.493 e. The maximum Gasteiger partial charge on any atom is 0.203 e. The predicted octanol–water partition coefficient (Wildman–Crippen LogP) is 8.02. The first-order valence-corrected chi connectivity index (χ1v) is 19.5. The van der Waals surface area contributed by atoms with Crippen LogP contribution in [0.2, 0.25) is 0 Å². The average molecular weight is 839 g/mol. The van der Waals surface area contributed by atoms with Crippen LogP contribution in [0.15, 0.2) is 48.5 Å². The molecule has 4 aromatic rings. The molecule has 4 rings (SSSR count). The fourth-order valence-corrected chi connectivity index (χ4v) is 7.38. The zero-order valence-corrected chi connectivity index (χ0v) is 37.1. The van der Waals surface area contributed by atoms with Gasteiger partial charge in [-0.15, -0.1) is 0 Å². The van der Waals surface area contributed by atoms with Gasteiger partial charge in [-0.3, -0.25) is 0 Å². The molecule has 0 fully saturated rings. The lowest BCUT2D eigenvalue weighted by atomic mass is 9.80. The van der Waals surface area contributed by atoms with Crippen LogP contribution in [0, 0.1) is 11.8 Å². The molecule has 0 amide bonds. The van der Waals surface area contributed by atoms with Crippen molar-refractivity contribution >= 4 is 0 Å². The quantitative estimate of drug-likeness (QED) is 0.0538. The Labute approximate surface area is 354 Å². The van der Waals surface area contributed by atoms with Crippen LogP contribution < -0.4 is 56.8 Å². The van der Waals surface area contributed by atoms with Gasteiger partial charge in [-0.1, -0.05) is 0 Å². The zero-order valence-electron chi connectivity index (χ0n) is 37.1. The first-order chi connectivity index (χ1) is 29.2. The van der Waals surface area contributed by atoms with E-state index < -0.39 is 0 Å². The summed E-state index contributed by atoms with van der Waals surface area (Å²) in [6.07, 6.45) is 2.87. The molecule has 0 saturated carbocycles. The van der Waals surface area contributed by atoms with Gasteiger partial charge in [0, 0.05) is 6.61 Å². The van der Waals surface area contributed by atoms with Crippen LogP contribution in [0.1, 0.15) is 35.1 Å². The smallest absolute Gasteiger partial charge is 0.203 e. The van der Waals surface area contributed by atoms with E-state index in [4.69, 9.17) is 66.3 Å². The monoisotopic (exact) mass is 838 g/mol. The number of hydrogen-bond acceptors (Lipinski definition) is 14. The third kappa shape index (κ3) is 11.8. The standard InChI is InChI=1S/C46H62O14/c1-47-35-18-29(19-36(48-2)43(35)55-9)16-33(14-13-15-59-26-31-22-39(51-5)45(57-11)40(23-31)52-6)34(17-30-20-37(49-3)44(56-10)38(21-30)50-4)28-60-27-32-24-41(53-7)46(58-12)42(25-32)54-8/h18-25,33-34H,13-17,26-28H2,1-12H3/t33-,34+/m1/s1. The van der Waals surface area contributed by atoms with E-state index in [1.54, 1.807) is 85.3 Å². The molecule has 0 aliphatic carbocycles. The molecule has 0 saturated heterocycles. The third-order valence-electron chi connectivity index (χ3n) is 10.3. The number of methoxy groups -OCH3 is 12. The second-order valence-electron chi connectivity index (χ2n) is 13.8. The first kappa shape index (κ1) is 47.1. The van der Waals surface area contributed by atoms with E-state index in [0.717, 1.165) is 35.1 Å². The largest absolute Gasteiger partial charge is 0.493 e. The molecule has 4 aromatic carbocycles. The van der Waals surface area contributed by atoms with Gasteiger partial charge in [0.05, 0.1) is 105 Å². The molecule has 14 nitrogen and oxygen atoms in total. The summed E-state index contributed by atoms with van der Waals surface area (Å²) in [5.74, 6) is 6.73. The molecule has 0 radical (unpaired) electrons. The van der Waals surface area contributed by atoms with Crippen molar-refractivity contribution in [2.45, 2.75) is 38.9 Å². The number of rotatable bonds is 27. The molecule has 0 spiro atoms. The maximum absolute atomic E-state index is 6.60. The van der Waals surface area contributed by atoms with E-state index in [0.29, 0.717) is 108 Å². The molecule has 0 aliphatic heterocycles. The summed E-state index contributed by atoms with van der Waals surface area (Å²) in [5.41, 5.74) is 3.79. The molecule has 0 N–H and O–H groups in total. The van der Waals surface area contributed by atoms with Gasteiger partial charge >= 0.3 is 0 Å². The molecule has 330 valence electrons. The minimum absolute atomic E-state index is 0.0101. The first-order valence-electron chi connectivity index (χ1n) is 19.5. The lowest BCUT2D eigenvalue weighted by molar-refractivity contribution is 0.0578. The lowest BCUT2D eigenvalue weighted by Gasteiger charge is -2.29. The van der Waals surface area contributed by atoms with Crippen molar-refractivity contribution in [2.75, 3.05) is 98.5 Å². The third-order valence-corrected chi connectivity index (χ3v) is 10.3. The Morgan fingerprint density at radius 3 is 0.917 bits per heavy atom. The van der Waals surface area contributed by atoms with Crippen LogP contribution in [0.25, 0.3) is 0 Å². The highest BCUT2D eigenvalue weighted by Crippen LogP contribution is 2.43. The minimum atomic E-state index is -0.0101. The normalized spacial score (nSPS) is 11.9. The van der Waals surface area contributed by atoms with Gasteiger partial charge < -0.3 is 66.3 Å². The molecule has 60 heavy (non-hydrogen) atoms. The fraction of sp³-hybridized carbons (Fsp3) is 0.478. The van der Waals surface area contributed by atoms with Gasteiger partial charge in [0.15, 0.2) is 46.0 Å². The zero-order chi connectivity index (χ0) is 43.6. The molecule has 14 heteroatoms. The van der Waals surface area contributed by atoms with Crippen molar-refractivity contribution in [1.29, 1.82) is 0 Å². The average Bonchev–Trinajstić information content (AvgIpc) is 3.28. The molecule has 0 heterocycles. The van der Waals surface area contributed by atoms with Gasteiger partial charge in [-0.2, -0.15) is 0 Å². The van der Waals surface area contributed by atoms with Crippen molar-refractivity contribution in [3.8, 4) is 69.0 Å². The van der Waals surface area contributed by atoms with E-state index in [9.17, 15) is 0 Å². The van der Waals surface area contributed by atoms with Crippen LogP contribution in [0.5, 0.6) is 69.0 Å². The number of benzene rings is 4. The second-order valence-corrected chi connectivity index (χ2v) is 13.8. The van der Waals surface area contributed by atoms with Crippen LogP contribution in [0.3, 0.4) is 0 Å². The van der Waals surface area contributed by atoms with Gasteiger partial charge in [0.25, 0.3) is 0 Å². The van der Waals surface area contributed by atoms with Crippen LogP contribution >= 0.6 is 0 Å². The van der Waals surface area contributed by atoms with Gasteiger partial charge in [-0.25, -0.2) is 0 Å². The summed E-state index contributed by atoms with van der Waals surface area (Å²) >= 11 is 0. The highest BCUT2D eigenvalue weighted by molar-refractivity contribution is 5.56. The summed E-state index contributed by atoms with van der Waals surface area (Å²) in [4.78, 5) is 0. The van der Waals surface area contributed by atoms with E-state index in [-0.39, 0.29) is 11.8 Å². The van der Waals surface area contributed by atoms with Crippen LogP contribution in [-0.2, 0) is 35.5 Å². The highest BCUT2D eigenvalue weighted by atomic mass is 16.6. The Balaban J connectivity index is 1.70. The van der Waals surface area contributed by atoms with Crippen molar-refractivity contribution in [3.63, 3.8) is 0 Å². The highest BCUT2D eigenvalue weighted by Gasteiger charge is 2.27. The van der Waals surface area contributed by atoms with Crippen molar-refractivity contribution < 1.29 is 66.3 Å². The lowest BCUT2D eigenvalue weighted by Crippen LogP contribution is -2.25. The predicted molar refractivity (Wildman–Crippen MR) is 227 cm³/mol. The summed E-state index contributed by atoms with van der Waals surface area (Å²) in [6, 6.07) is 15.6. The Kier molecular flexibility index (Phi) is 18.7. The summed E-state index contributed by atoms with van der Waals surface area (Å²) in [7, 11) is 19.2. The Morgan fingerprint density at radius 1 is 0.333 bits per heavy atom. The van der Waals surface area contributed by atoms with Crippen molar-refractivity contribution in [1.82, 2.24) is 0 Å². The molecule has 0 bridgehead atoms. The van der Waals surface area contributed by atoms with E-state index in [1.807, 2.05) is 48.5 Å². The molecular weight excluding hydrogens is 776 g/mol. The van der Waals surface area contributed by atoms with E-state index >= 15 is 0 Å². The van der Waals surface area contributed by atoms with Crippen molar-refractivity contribution in [3.05, 3.63) is 70.8 Å². The molecule has 0 unspecified atom stereocenters. The Bertz CT molecular complexity index is 1850. The summed E-state index contributed by atoms with van der Waals surface area (Å²) < 4.78 is 80.6. The van der Waals surface area contributed by atoms with Gasteiger partial charge in [-0.05, 0) is 108 Å². The second kappa shape index (κ2) is 23.9. The van der Waals surface area contributed by atoms with Crippen molar-refractivity contribution in [2.24, 2.45) is 11.8 Å². The van der Waals surface area contributed by atoms with Gasteiger partial charge in [0.1, 0.15) is 0 Å². The summed E-state index contributed by atoms with van der Waals surface area (Å²) in [6.45, 7) is 1.58. The molecule has 0 aliphatic rings. The topological polar surface area (TPSA) is 129 Å². The maximum atomic E-state index is 6.60. The summed E-state index contributed by atoms with van der Waals surface area (Å²) in [5, 5.41) is 0. The number of hydrogen-bond donors (Lipinski definition) is 0. The van der Waals surface area contributed by atoms with Crippen LogP contribution in [0.4, 0.5) is 0 Å². The fourth-order valence-electron chi connectivity index (χ4n) is 7.38. The van der Waals surface area contributed by atoms with E-state index in [1.165, 1.54) is 0 Å². The SMILES string of the molecule is COc1cc(COCCC[C@H](Cc2cc(OC)c(OC)c(OC)c2)[C@H](COCc2cc(OC)c(OC)c(OC)c2)Cc2cc(OC)c(OC)c(OC)c2)cc(OC)c1OC. The Hall–Kier alpha value is -5.60. The van der Waals surface area contributed by atoms with Gasteiger partial charge in [0.2, 0.25) is 23.0 Å². The molecule has 0 aromatic heterocycles. The number of ether oxygens (including phenoxy) is 14. The van der Waals surface area contributed by atoms with E-state index in [2.05, 4.69) is 0 Å². The van der Waals surface area contributed by atoms with Crippen LogP contribution in [-0.4, -0.2) is 98.5 Å². The Morgan fingerprint density at radius 2 is 0.617 bits per heavy atom. The molecular formula is C46H62O14.